The number of carbonyl (C=O) groups excluding carboxylic acids is 2. The Hall–Kier alpha value is -2.85. The van der Waals surface area contributed by atoms with Crippen molar-refractivity contribution in [2.24, 2.45) is 0 Å². The topological polar surface area (TPSA) is 111 Å². The minimum Gasteiger partial charge on any atom is -0.376 e. The molecule has 31 heavy (non-hydrogen) atoms. The van der Waals surface area contributed by atoms with E-state index in [1.165, 1.54) is 0 Å². The molecule has 0 saturated carbocycles. The van der Waals surface area contributed by atoms with Crippen LogP contribution >= 0.6 is 11.8 Å². The van der Waals surface area contributed by atoms with Crippen LogP contribution in [0.25, 0.3) is 11.0 Å². The molecule has 9 nitrogen and oxygen atoms in total. The third kappa shape index (κ3) is 4.31. The van der Waals surface area contributed by atoms with Crippen molar-refractivity contribution in [2.45, 2.75) is 43.4 Å². The van der Waals surface area contributed by atoms with Gasteiger partial charge >= 0.3 is 0 Å². The summed E-state index contributed by atoms with van der Waals surface area (Å²) in [5.74, 6) is 1.75. The number of para-hydroxylation sites is 1. The Labute approximate surface area is 182 Å². The normalized spacial score (nSPS) is 17.7. The number of benzene rings is 1. The fourth-order valence-corrected chi connectivity index (χ4v) is 4.97. The summed E-state index contributed by atoms with van der Waals surface area (Å²) in [5, 5.41) is 15.3. The van der Waals surface area contributed by atoms with Crippen LogP contribution in [0.3, 0.4) is 0 Å². The molecule has 0 unspecified atom stereocenters. The standard InChI is InChI=1S/C21H23N5O4S/c27-19(8-16-14-5-1-2-6-18(14)30-25-16)23-21-15-11-31-12-17(15)24-26(21)10-20(28)22-9-13-4-3-7-29-13/h1-2,5-6,13H,3-4,7-12H2,(H,22,28)(H,23,27)/t13-/m1/s1. The van der Waals surface area contributed by atoms with Gasteiger partial charge in [-0.2, -0.15) is 16.9 Å². The minimum absolute atomic E-state index is 0.0485. The molecule has 10 heteroatoms. The number of aromatic nitrogens is 3. The number of amides is 2. The second kappa shape index (κ2) is 8.72. The Balaban J connectivity index is 1.28. The number of hydrogen-bond acceptors (Lipinski definition) is 7. The van der Waals surface area contributed by atoms with Crippen LogP contribution in [0.2, 0.25) is 0 Å². The molecule has 2 aliphatic heterocycles. The fourth-order valence-electron chi connectivity index (χ4n) is 3.94. The van der Waals surface area contributed by atoms with E-state index in [-0.39, 0.29) is 30.9 Å². The summed E-state index contributed by atoms with van der Waals surface area (Å²) in [7, 11) is 0. The van der Waals surface area contributed by atoms with E-state index in [1.807, 2.05) is 24.3 Å². The summed E-state index contributed by atoms with van der Waals surface area (Å²) < 4.78 is 12.4. The maximum Gasteiger partial charge on any atom is 0.241 e. The summed E-state index contributed by atoms with van der Waals surface area (Å²) in [4.78, 5) is 25.3. The first-order valence-corrected chi connectivity index (χ1v) is 11.5. The zero-order valence-corrected chi connectivity index (χ0v) is 17.7. The first-order valence-electron chi connectivity index (χ1n) is 10.3. The average molecular weight is 442 g/mol. The molecule has 0 aliphatic carbocycles. The summed E-state index contributed by atoms with van der Waals surface area (Å²) in [6.45, 7) is 1.30. The second-order valence-corrected chi connectivity index (χ2v) is 8.70. The molecule has 0 spiro atoms. The highest BCUT2D eigenvalue weighted by Gasteiger charge is 2.26. The fraction of sp³-hybridized carbons (Fsp3) is 0.429. The molecule has 162 valence electrons. The van der Waals surface area contributed by atoms with Crippen molar-refractivity contribution < 1.29 is 18.8 Å². The molecule has 4 heterocycles. The zero-order chi connectivity index (χ0) is 21.2. The van der Waals surface area contributed by atoms with Crippen molar-refractivity contribution in [1.82, 2.24) is 20.3 Å². The van der Waals surface area contributed by atoms with Crippen LogP contribution in [0, 0.1) is 0 Å². The monoisotopic (exact) mass is 441 g/mol. The summed E-state index contributed by atoms with van der Waals surface area (Å²) in [6.07, 6.45) is 2.15. The van der Waals surface area contributed by atoms with Gasteiger partial charge in [-0.1, -0.05) is 17.3 Å². The molecule has 2 aliphatic rings. The molecule has 2 N–H and O–H groups in total. The van der Waals surface area contributed by atoms with Gasteiger partial charge in [0.1, 0.15) is 18.1 Å². The molecular formula is C21H23N5O4S. The Kier molecular flexibility index (Phi) is 5.65. The lowest BCUT2D eigenvalue weighted by molar-refractivity contribution is -0.122. The maximum absolute atomic E-state index is 12.8. The van der Waals surface area contributed by atoms with Gasteiger partial charge in [0.15, 0.2) is 5.58 Å². The highest BCUT2D eigenvalue weighted by atomic mass is 32.2. The third-order valence-electron chi connectivity index (χ3n) is 5.50. The number of fused-ring (bicyclic) bond motifs is 2. The SMILES string of the molecule is O=C(Cn1nc2c(c1NC(=O)Cc1noc3ccccc13)CSC2)NC[C@H]1CCCO1. The van der Waals surface area contributed by atoms with E-state index in [0.717, 1.165) is 47.6 Å². The number of ether oxygens (including phenoxy) is 1. The van der Waals surface area contributed by atoms with Crippen LogP contribution in [-0.2, 0) is 38.8 Å². The number of hydrogen-bond donors (Lipinski definition) is 2. The van der Waals surface area contributed by atoms with Crippen LogP contribution in [-0.4, -0.2) is 46.0 Å². The van der Waals surface area contributed by atoms with Gasteiger partial charge in [0.25, 0.3) is 0 Å². The molecule has 2 amide bonds. The number of thioether (sulfide) groups is 1. The van der Waals surface area contributed by atoms with Gasteiger partial charge in [-0.05, 0) is 25.0 Å². The molecule has 0 bridgehead atoms. The van der Waals surface area contributed by atoms with Crippen molar-refractivity contribution in [3.8, 4) is 0 Å². The molecule has 1 atom stereocenters. The molecule has 5 rings (SSSR count). The molecule has 1 saturated heterocycles. The number of nitrogens with one attached hydrogen (secondary N) is 2. The van der Waals surface area contributed by atoms with Gasteiger partial charge < -0.3 is 19.9 Å². The van der Waals surface area contributed by atoms with Crippen LogP contribution < -0.4 is 10.6 Å². The van der Waals surface area contributed by atoms with Gasteiger partial charge in [-0.3, -0.25) is 9.59 Å². The highest BCUT2D eigenvalue weighted by molar-refractivity contribution is 7.98. The van der Waals surface area contributed by atoms with E-state index in [4.69, 9.17) is 9.26 Å². The molecule has 3 aromatic rings. The van der Waals surface area contributed by atoms with E-state index in [1.54, 1.807) is 16.4 Å². The maximum atomic E-state index is 12.8. The van der Waals surface area contributed by atoms with Crippen molar-refractivity contribution in [3.63, 3.8) is 0 Å². The van der Waals surface area contributed by atoms with Gasteiger partial charge in [0, 0.05) is 35.6 Å². The largest absolute Gasteiger partial charge is 0.376 e. The first-order chi connectivity index (χ1) is 15.2. The number of rotatable bonds is 7. The number of nitrogens with zero attached hydrogens (tertiary/aromatic N) is 3. The van der Waals surface area contributed by atoms with Crippen molar-refractivity contribution in [1.29, 1.82) is 0 Å². The molecule has 1 aromatic carbocycles. The lowest BCUT2D eigenvalue weighted by atomic mass is 10.1. The minimum atomic E-state index is -0.223. The first kappa shape index (κ1) is 20.1. The van der Waals surface area contributed by atoms with Crippen LogP contribution in [0.1, 0.15) is 29.8 Å². The lowest BCUT2D eigenvalue weighted by Crippen LogP contribution is -2.34. The van der Waals surface area contributed by atoms with Crippen LogP contribution in [0.5, 0.6) is 0 Å². The van der Waals surface area contributed by atoms with E-state index in [2.05, 4.69) is 20.9 Å². The zero-order valence-electron chi connectivity index (χ0n) is 16.9. The third-order valence-corrected chi connectivity index (χ3v) is 6.47. The summed E-state index contributed by atoms with van der Waals surface area (Å²) in [5.41, 5.74) is 3.13. The number of anilines is 1. The molecule has 1 fully saturated rings. The lowest BCUT2D eigenvalue weighted by Gasteiger charge is -2.13. The Morgan fingerprint density at radius 3 is 3.00 bits per heavy atom. The smallest absolute Gasteiger partial charge is 0.241 e. The predicted octanol–water partition coefficient (Wildman–Crippen LogP) is 2.25. The van der Waals surface area contributed by atoms with Gasteiger partial charge in [-0.25, -0.2) is 4.68 Å². The molecular weight excluding hydrogens is 418 g/mol. The van der Waals surface area contributed by atoms with Crippen LogP contribution in [0.15, 0.2) is 28.8 Å². The second-order valence-electron chi connectivity index (χ2n) is 7.71. The Morgan fingerprint density at radius 2 is 2.13 bits per heavy atom. The molecule has 2 aromatic heterocycles. The van der Waals surface area contributed by atoms with Gasteiger partial charge in [0.05, 0.1) is 18.2 Å². The number of carbonyl (C=O) groups is 2. The van der Waals surface area contributed by atoms with Crippen molar-refractivity contribution in [2.75, 3.05) is 18.5 Å². The average Bonchev–Trinajstić information content (AvgIpc) is 3.54. The Morgan fingerprint density at radius 1 is 1.23 bits per heavy atom. The van der Waals surface area contributed by atoms with Gasteiger partial charge in [0.2, 0.25) is 11.8 Å². The summed E-state index contributed by atoms with van der Waals surface area (Å²) in [6, 6.07) is 7.44. The van der Waals surface area contributed by atoms with Crippen LogP contribution in [0.4, 0.5) is 5.82 Å². The van der Waals surface area contributed by atoms with Crippen molar-refractivity contribution in [3.05, 3.63) is 41.2 Å². The van der Waals surface area contributed by atoms with Gasteiger partial charge in [-0.15, -0.1) is 0 Å². The van der Waals surface area contributed by atoms with E-state index in [0.29, 0.717) is 23.6 Å². The van der Waals surface area contributed by atoms with E-state index in [9.17, 15) is 9.59 Å². The summed E-state index contributed by atoms with van der Waals surface area (Å²) >= 11 is 1.74. The van der Waals surface area contributed by atoms with E-state index < -0.39 is 0 Å². The Bertz CT molecular complexity index is 1120. The van der Waals surface area contributed by atoms with E-state index >= 15 is 0 Å². The molecule has 0 radical (unpaired) electrons. The van der Waals surface area contributed by atoms with Crippen molar-refractivity contribution >= 4 is 40.4 Å². The highest BCUT2D eigenvalue weighted by Crippen LogP contribution is 2.34. The predicted molar refractivity (Wildman–Crippen MR) is 116 cm³/mol. The quantitative estimate of drug-likeness (QED) is 0.578.